The monoisotopic (exact) mass is 378 g/mol. The van der Waals surface area contributed by atoms with Gasteiger partial charge in [-0.1, -0.05) is 25.1 Å². The van der Waals surface area contributed by atoms with Crippen molar-refractivity contribution in [2.45, 2.75) is 52.5 Å². The number of rotatable bonds is 6. The summed E-state index contributed by atoms with van der Waals surface area (Å²) in [7, 11) is 0. The van der Waals surface area contributed by atoms with E-state index in [2.05, 4.69) is 34.2 Å². The third kappa shape index (κ3) is 4.49. The molecule has 2 aromatic rings. The van der Waals surface area contributed by atoms with Crippen LogP contribution >= 0.6 is 11.3 Å². The highest BCUT2D eigenvalue weighted by atomic mass is 32.1. The number of ether oxygens (including phenoxy) is 1. The van der Waals surface area contributed by atoms with E-state index in [1.54, 1.807) is 0 Å². The lowest BCUT2D eigenvalue weighted by Crippen LogP contribution is -2.56. The molecule has 142 valence electrons. The maximum absolute atomic E-state index is 12.8. The Labute approximate surface area is 157 Å². The van der Waals surface area contributed by atoms with E-state index < -0.39 is 0 Å². The summed E-state index contributed by atoms with van der Waals surface area (Å²) >= 11 is 1.54. The molecular formula is C18H26N4O3S. The lowest BCUT2D eigenvalue weighted by molar-refractivity contribution is -0.135. The molecule has 2 aromatic heterocycles. The quantitative estimate of drug-likeness (QED) is 0.832. The zero-order chi connectivity index (χ0) is 18.7. The van der Waals surface area contributed by atoms with Crippen LogP contribution in [-0.4, -0.2) is 52.3 Å². The molecule has 26 heavy (non-hydrogen) atoms. The van der Waals surface area contributed by atoms with Crippen molar-refractivity contribution in [3.8, 4) is 10.8 Å². The van der Waals surface area contributed by atoms with Gasteiger partial charge >= 0.3 is 0 Å². The molecular weight excluding hydrogens is 352 g/mol. The molecule has 0 radical (unpaired) electrons. The van der Waals surface area contributed by atoms with E-state index in [9.17, 15) is 4.79 Å². The van der Waals surface area contributed by atoms with Gasteiger partial charge in [0.15, 0.2) is 5.82 Å². The summed E-state index contributed by atoms with van der Waals surface area (Å²) in [6, 6.07) is 3.66. The molecule has 3 heterocycles. The second-order valence-electron chi connectivity index (χ2n) is 7.11. The second kappa shape index (κ2) is 8.28. The number of carbonyl (C=O) groups is 1. The zero-order valence-corrected chi connectivity index (χ0v) is 16.5. The van der Waals surface area contributed by atoms with E-state index in [-0.39, 0.29) is 36.6 Å². The molecule has 0 saturated carbocycles. The Morgan fingerprint density at radius 3 is 2.73 bits per heavy atom. The average Bonchev–Trinajstić information content (AvgIpc) is 3.23. The Balaban J connectivity index is 1.61. The third-order valence-corrected chi connectivity index (χ3v) is 5.22. The van der Waals surface area contributed by atoms with Gasteiger partial charge in [0.05, 0.1) is 29.7 Å². The van der Waals surface area contributed by atoms with Crippen molar-refractivity contribution in [2.75, 3.05) is 13.1 Å². The van der Waals surface area contributed by atoms with E-state index in [4.69, 9.17) is 9.26 Å². The van der Waals surface area contributed by atoms with Crippen molar-refractivity contribution in [1.82, 2.24) is 20.4 Å². The lowest BCUT2D eigenvalue weighted by Gasteiger charge is -2.40. The van der Waals surface area contributed by atoms with Gasteiger partial charge in [0.25, 0.3) is 5.89 Å². The Bertz CT molecular complexity index is 706. The summed E-state index contributed by atoms with van der Waals surface area (Å²) in [5.74, 6) is 1.15. The summed E-state index contributed by atoms with van der Waals surface area (Å²) < 4.78 is 11.1. The van der Waals surface area contributed by atoms with E-state index in [1.807, 2.05) is 31.4 Å². The third-order valence-electron chi connectivity index (χ3n) is 4.36. The summed E-state index contributed by atoms with van der Waals surface area (Å²) in [5.41, 5.74) is 0. The Hall–Kier alpha value is -1.77. The zero-order valence-electron chi connectivity index (χ0n) is 15.6. The minimum Gasteiger partial charge on any atom is -0.373 e. The van der Waals surface area contributed by atoms with E-state index >= 15 is 0 Å². The first kappa shape index (κ1) is 19.0. The van der Waals surface area contributed by atoms with Crippen molar-refractivity contribution in [1.29, 1.82) is 0 Å². The highest BCUT2D eigenvalue weighted by Crippen LogP contribution is 2.22. The van der Waals surface area contributed by atoms with Crippen molar-refractivity contribution in [3.63, 3.8) is 0 Å². The first-order valence-corrected chi connectivity index (χ1v) is 9.85. The molecule has 0 spiro atoms. The molecule has 8 heteroatoms. The van der Waals surface area contributed by atoms with E-state index in [0.717, 1.165) is 18.0 Å². The molecule has 0 aliphatic carbocycles. The van der Waals surface area contributed by atoms with Gasteiger partial charge in [-0.15, -0.1) is 11.3 Å². The highest BCUT2D eigenvalue weighted by Gasteiger charge is 2.34. The number of nitrogens with one attached hydrogen (secondary N) is 1. The van der Waals surface area contributed by atoms with E-state index in [1.165, 1.54) is 11.3 Å². The van der Waals surface area contributed by atoms with Crippen LogP contribution in [0.25, 0.3) is 10.8 Å². The number of amides is 1. The fraction of sp³-hybridized carbons (Fsp3) is 0.611. The molecule has 1 N–H and O–H groups in total. The van der Waals surface area contributed by atoms with Crippen molar-refractivity contribution in [2.24, 2.45) is 5.92 Å². The Morgan fingerprint density at radius 1 is 1.38 bits per heavy atom. The number of morpholine rings is 1. The van der Waals surface area contributed by atoms with Gasteiger partial charge in [-0.3, -0.25) is 9.69 Å². The topological polar surface area (TPSA) is 80.5 Å². The van der Waals surface area contributed by atoms with Gasteiger partial charge in [0.1, 0.15) is 0 Å². The number of thiophene rings is 1. The standard InChI is InChI=1S/C18H26N4O3S/c1-11(2)16(22-9-12(3)24-13(4)10-22)17(23)19-8-15-20-18(25-21-15)14-6-5-7-26-14/h5-7,11-13,16H,8-10H2,1-4H3,(H,19,23). The first-order valence-electron chi connectivity index (χ1n) is 8.97. The molecule has 1 aliphatic rings. The normalized spacial score (nSPS) is 22.5. The predicted molar refractivity (Wildman–Crippen MR) is 99.7 cm³/mol. The summed E-state index contributed by atoms with van der Waals surface area (Å²) in [4.78, 5) is 20.3. The fourth-order valence-corrected chi connectivity index (χ4v) is 4.08. The predicted octanol–water partition coefficient (Wildman–Crippen LogP) is 2.55. The summed E-state index contributed by atoms with van der Waals surface area (Å²) in [5, 5.41) is 8.88. The summed E-state index contributed by atoms with van der Waals surface area (Å²) in [6.07, 6.45) is 0.247. The average molecular weight is 378 g/mol. The largest absolute Gasteiger partial charge is 0.373 e. The van der Waals surface area contributed by atoms with Gasteiger partial charge in [-0.05, 0) is 31.2 Å². The molecule has 1 aliphatic heterocycles. The smallest absolute Gasteiger partial charge is 0.268 e. The van der Waals surface area contributed by atoms with Crippen LogP contribution in [0.4, 0.5) is 0 Å². The molecule has 1 amide bonds. The van der Waals surface area contributed by atoms with Crippen LogP contribution in [0.3, 0.4) is 0 Å². The number of nitrogens with zero attached hydrogens (tertiary/aromatic N) is 3. The molecule has 1 saturated heterocycles. The van der Waals surface area contributed by atoms with Gasteiger partial charge in [0.2, 0.25) is 5.91 Å². The highest BCUT2D eigenvalue weighted by molar-refractivity contribution is 7.13. The number of aromatic nitrogens is 2. The molecule has 0 bridgehead atoms. The van der Waals surface area contributed by atoms with Crippen molar-refractivity contribution in [3.05, 3.63) is 23.3 Å². The SMILES string of the molecule is CC1CN(C(C(=O)NCc2noc(-c3cccs3)n2)C(C)C)CC(C)O1. The summed E-state index contributed by atoms with van der Waals surface area (Å²) in [6.45, 7) is 9.99. The van der Waals surface area contributed by atoms with Gasteiger partial charge in [-0.25, -0.2) is 0 Å². The molecule has 7 nitrogen and oxygen atoms in total. The van der Waals surface area contributed by atoms with Crippen LogP contribution < -0.4 is 5.32 Å². The van der Waals surface area contributed by atoms with Gasteiger partial charge < -0.3 is 14.6 Å². The maximum Gasteiger partial charge on any atom is 0.268 e. The minimum atomic E-state index is -0.201. The number of hydrogen-bond acceptors (Lipinski definition) is 7. The number of carbonyl (C=O) groups excluding carboxylic acids is 1. The second-order valence-corrected chi connectivity index (χ2v) is 8.06. The van der Waals surface area contributed by atoms with Crippen LogP contribution in [0.15, 0.2) is 22.0 Å². The van der Waals surface area contributed by atoms with E-state index in [0.29, 0.717) is 11.7 Å². The maximum atomic E-state index is 12.8. The minimum absolute atomic E-state index is 0.0104. The lowest BCUT2D eigenvalue weighted by atomic mass is 9.99. The molecule has 1 fully saturated rings. The van der Waals surface area contributed by atoms with Crippen LogP contribution in [0.2, 0.25) is 0 Å². The molecule has 3 rings (SSSR count). The fourth-order valence-electron chi connectivity index (χ4n) is 3.43. The van der Waals surface area contributed by atoms with Gasteiger partial charge in [-0.2, -0.15) is 4.98 Å². The van der Waals surface area contributed by atoms with Crippen molar-refractivity contribution >= 4 is 17.2 Å². The number of hydrogen-bond donors (Lipinski definition) is 1. The molecule has 3 unspecified atom stereocenters. The Morgan fingerprint density at radius 2 is 2.12 bits per heavy atom. The molecule has 3 atom stereocenters. The van der Waals surface area contributed by atoms with Crippen molar-refractivity contribution < 1.29 is 14.1 Å². The Kier molecular flexibility index (Phi) is 6.05. The molecule has 0 aromatic carbocycles. The van der Waals surface area contributed by atoms with Crippen LogP contribution in [0.1, 0.15) is 33.5 Å². The van der Waals surface area contributed by atoms with Crippen LogP contribution in [0, 0.1) is 5.92 Å². The van der Waals surface area contributed by atoms with Crippen LogP contribution in [-0.2, 0) is 16.1 Å². The van der Waals surface area contributed by atoms with Crippen LogP contribution in [0.5, 0.6) is 0 Å². The first-order chi connectivity index (χ1) is 12.4. The van der Waals surface area contributed by atoms with Gasteiger partial charge in [0, 0.05) is 13.1 Å².